The molecule has 0 heterocycles. The van der Waals surface area contributed by atoms with E-state index in [4.69, 9.17) is 9.84 Å². The van der Waals surface area contributed by atoms with E-state index in [-0.39, 0.29) is 12.2 Å². The van der Waals surface area contributed by atoms with Crippen LogP contribution >= 0.6 is 22.6 Å². The topological polar surface area (TPSA) is 78.8 Å². The lowest BCUT2D eigenvalue weighted by Crippen LogP contribution is -2.26. The number of carbonyl (C=O) groups is 1. The minimum Gasteiger partial charge on any atom is -0.491 e. The Balaban J connectivity index is 1.76. The van der Waals surface area contributed by atoms with Crippen LogP contribution in [0.4, 0.5) is 5.69 Å². The van der Waals surface area contributed by atoms with Crippen molar-refractivity contribution < 1.29 is 19.7 Å². The molecule has 1 unspecified atom stereocenters. The van der Waals surface area contributed by atoms with Gasteiger partial charge in [-0.25, -0.2) is 4.79 Å². The number of aromatic carboxylic acids is 1. The van der Waals surface area contributed by atoms with E-state index in [0.717, 1.165) is 9.26 Å². The van der Waals surface area contributed by atoms with Gasteiger partial charge in [-0.1, -0.05) is 0 Å². The zero-order valence-corrected chi connectivity index (χ0v) is 13.9. The molecule has 0 radical (unpaired) electrons. The van der Waals surface area contributed by atoms with Crippen LogP contribution in [0.3, 0.4) is 0 Å². The van der Waals surface area contributed by atoms with Crippen molar-refractivity contribution in [2.24, 2.45) is 0 Å². The summed E-state index contributed by atoms with van der Waals surface area (Å²) >= 11 is 2.21. The van der Waals surface area contributed by atoms with Gasteiger partial charge in [0.25, 0.3) is 0 Å². The molecule has 0 spiro atoms. The average Bonchev–Trinajstić information content (AvgIpc) is 2.52. The average molecular weight is 413 g/mol. The number of hydrogen-bond acceptors (Lipinski definition) is 4. The number of benzene rings is 2. The summed E-state index contributed by atoms with van der Waals surface area (Å²) in [4.78, 5) is 10.7. The molecule has 0 aliphatic heterocycles. The number of aliphatic hydroxyl groups excluding tert-OH is 1. The highest BCUT2D eigenvalue weighted by atomic mass is 127. The first kappa shape index (κ1) is 16.6. The molecule has 0 aliphatic carbocycles. The highest BCUT2D eigenvalue weighted by Crippen LogP contribution is 2.14. The van der Waals surface area contributed by atoms with Crippen molar-refractivity contribution in [3.8, 4) is 5.75 Å². The molecule has 2 aromatic carbocycles. The van der Waals surface area contributed by atoms with E-state index in [1.54, 1.807) is 12.1 Å². The summed E-state index contributed by atoms with van der Waals surface area (Å²) in [7, 11) is 0. The number of carboxylic acids is 1. The van der Waals surface area contributed by atoms with Gasteiger partial charge in [-0.3, -0.25) is 0 Å². The first-order valence-electron chi connectivity index (χ1n) is 6.68. The first-order chi connectivity index (χ1) is 10.5. The summed E-state index contributed by atoms with van der Waals surface area (Å²) in [5.74, 6) is -0.247. The number of hydrogen-bond donors (Lipinski definition) is 3. The second kappa shape index (κ2) is 8.00. The highest BCUT2D eigenvalue weighted by Gasteiger charge is 2.06. The summed E-state index contributed by atoms with van der Waals surface area (Å²) in [6.07, 6.45) is -0.668. The zero-order chi connectivity index (χ0) is 15.9. The van der Waals surface area contributed by atoms with E-state index in [1.807, 2.05) is 24.3 Å². The smallest absolute Gasteiger partial charge is 0.335 e. The predicted molar refractivity (Wildman–Crippen MR) is 92.6 cm³/mol. The molecule has 1 atom stereocenters. The standard InChI is InChI=1S/C16H16INO4/c17-12-3-7-15(8-4-12)22-10-14(19)9-18-13-5-1-11(2-6-13)16(20)21/h1-8,14,18-19H,9-10H2,(H,20,21). The minimum atomic E-state index is -0.961. The molecule has 0 saturated heterocycles. The Labute approximate surface area is 142 Å². The monoisotopic (exact) mass is 413 g/mol. The van der Waals surface area contributed by atoms with Gasteiger partial charge in [0.1, 0.15) is 18.5 Å². The van der Waals surface area contributed by atoms with Crippen molar-refractivity contribution in [2.75, 3.05) is 18.5 Å². The minimum absolute atomic E-state index is 0.181. The lowest BCUT2D eigenvalue weighted by molar-refractivity contribution is 0.0697. The Morgan fingerprint density at radius 3 is 2.36 bits per heavy atom. The van der Waals surface area contributed by atoms with Crippen LogP contribution in [0.5, 0.6) is 5.75 Å². The van der Waals surface area contributed by atoms with E-state index < -0.39 is 12.1 Å². The molecule has 0 saturated carbocycles. The van der Waals surface area contributed by atoms with Gasteiger partial charge < -0.3 is 20.3 Å². The van der Waals surface area contributed by atoms with Crippen LogP contribution in [0.15, 0.2) is 48.5 Å². The van der Waals surface area contributed by atoms with Crippen LogP contribution in [-0.4, -0.2) is 35.4 Å². The predicted octanol–water partition coefficient (Wildman–Crippen LogP) is 2.84. The third-order valence-electron chi connectivity index (χ3n) is 2.93. The maximum Gasteiger partial charge on any atom is 0.335 e. The van der Waals surface area contributed by atoms with Gasteiger partial charge in [0.15, 0.2) is 0 Å². The number of nitrogens with one attached hydrogen (secondary N) is 1. The van der Waals surface area contributed by atoms with Crippen molar-refractivity contribution in [3.63, 3.8) is 0 Å². The molecule has 116 valence electrons. The fourth-order valence-corrected chi connectivity index (χ4v) is 2.11. The molecule has 0 fully saturated rings. The van der Waals surface area contributed by atoms with Crippen molar-refractivity contribution >= 4 is 34.2 Å². The molecular weight excluding hydrogens is 397 g/mol. The Kier molecular flexibility index (Phi) is 6.02. The number of halogens is 1. The number of rotatable bonds is 7. The van der Waals surface area contributed by atoms with Gasteiger partial charge >= 0.3 is 5.97 Å². The van der Waals surface area contributed by atoms with E-state index in [2.05, 4.69) is 27.9 Å². The summed E-state index contributed by atoms with van der Waals surface area (Å²) in [5, 5.41) is 21.7. The second-order valence-electron chi connectivity index (χ2n) is 4.68. The van der Waals surface area contributed by atoms with Crippen molar-refractivity contribution in [1.82, 2.24) is 0 Å². The molecule has 22 heavy (non-hydrogen) atoms. The fourth-order valence-electron chi connectivity index (χ4n) is 1.75. The largest absolute Gasteiger partial charge is 0.491 e. The maximum atomic E-state index is 10.7. The molecule has 2 aromatic rings. The van der Waals surface area contributed by atoms with Gasteiger partial charge in [0.05, 0.1) is 5.56 Å². The molecule has 6 heteroatoms. The van der Waals surface area contributed by atoms with Crippen molar-refractivity contribution in [1.29, 1.82) is 0 Å². The molecule has 3 N–H and O–H groups in total. The Morgan fingerprint density at radius 1 is 1.14 bits per heavy atom. The summed E-state index contributed by atoms with van der Waals surface area (Å²) in [5.41, 5.74) is 0.978. The first-order valence-corrected chi connectivity index (χ1v) is 7.76. The molecule has 0 aromatic heterocycles. The Hall–Kier alpha value is -1.80. The van der Waals surface area contributed by atoms with Crippen molar-refractivity contribution in [2.45, 2.75) is 6.10 Å². The molecule has 0 bridgehead atoms. The van der Waals surface area contributed by atoms with E-state index in [9.17, 15) is 9.90 Å². The number of aliphatic hydroxyl groups is 1. The lowest BCUT2D eigenvalue weighted by Gasteiger charge is -2.14. The van der Waals surface area contributed by atoms with E-state index in [1.165, 1.54) is 12.1 Å². The van der Waals surface area contributed by atoms with Gasteiger partial charge in [0, 0.05) is 15.8 Å². The Morgan fingerprint density at radius 2 is 1.77 bits per heavy atom. The fraction of sp³-hybridized carbons (Fsp3) is 0.188. The van der Waals surface area contributed by atoms with Crippen LogP contribution in [0, 0.1) is 3.57 Å². The van der Waals surface area contributed by atoms with Crippen molar-refractivity contribution in [3.05, 3.63) is 57.7 Å². The van der Waals surface area contributed by atoms with E-state index in [0.29, 0.717) is 12.3 Å². The SMILES string of the molecule is O=C(O)c1ccc(NCC(O)COc2ccc(I)cc2)cc1. The highest BCUT2D eigenvalue weighted by molar-refractivity contribution is 14.1. The normalized spacial score (nSPS) is 11.7. The van der Waals surface area contributed by atoms with Crippen LogP contribution in [0.2, 0.25) is 0 Å². The van der Waals surface area contributed by atoms with Gasteiger partial charge in [-0.05, 0) is 71.1 Å². The van der Waals surface area contributed by atoms with E-state index >= 15 is 0 Å². The van der Waals surface area contributed by atoms with Crippen LogP contribution in [0.25, 0.3) is 0 Å². The Bertz CT molecular complexity index is 613. The van der Waals surface area contributed by atoms with Crippen LogP contribution < -0.4 is 10.1 Å². The quantitative estimate of drug-likeness (QED) is 0.609. The summed E-state index contributed by atoms with van der Waals surface area (Å²) in [6, 6.07) is 13.9. The second-order valence-corrected chi connectivity index (χ2v) is 5.93. The number of anilines is 1. The van der Waals surface area contributed by atoms with Gasteiger partial charge in [0.2, 0.25) is 0 Å². The summed E-state index contributed by atoms with van der Waals surface area (Å²) < 4.78 is 6.61. The third kappa shape index (κ3) is 5.19. The molecule has 0 aliphatic rings. The molecule has 0 amide bonds. The maximum absolute atomic E-state index is 10.7. The van der Waals surface area contributed by atoms with Gasteiger partial charge in [-0.15, -0.1) is 0 Å². The van der Waals surface area contributed by atoms with Gasteiger partial charge in [-0.2, -0.15) is 0 Å². The lowest BCUT2D eigenvalue weighted by atomic mass is 10.2. The number of carboxylic acid groups (broad SMARTS) is 1. The van der Waals surface area contributed by atoms with Crippen LogP contribution in [-0.2, 0) is 0 Å². The summed E-state index contributed by atoms with van der Waals surface area (Å²) in [6.45, 7) is 0.498. The molecule has 2 rings (SSSR count). The molecular formula is C16H16INO4. The molecule has 5 nitrogen and oxygen atoms in total. The van der Waals surface area contributed by atoms with Crippen LogP contribution in [0.1, 0.15) is 10.4 Å². The zero-order valence-electron chi connectivity index (χ0n) is 11.7. The third-order valence-corrected chi connectivity index (χ3v) is 3.65. The number of ether oxygens (including phenoxy) is 1.